The lowest BCUT2D eigenvalue weighted by Crippen LogP contribution is -3.13. The molecule has 1 saturated heterocycles. The summed E-state index contributed by atoms with van der Waals surface area (Å²) >= 11 is 0. The second-order valence-electron chi connectivity index (χ2n) is 8.99. The molecule has 3 aliphatic heterocycles. The average molecular weight is 524 g/mol. The van der Waals surface area contributed by atoms with Crippen molar-refractivity contribution >= 4 is 11.9 Å². The van der Waals surface area contributed by atoms with Gasteiger partial charge < -0.3 is 49.3 Å². The average Bonchev–Trinajstić information content (AvgIpc) is 2.91. The van der Waals surface area contributed by atoms with Gasteiger partial charge in [-0.3, -0.25) is 4.90 Å². The van der Waals surface area contributed by atoms with E-state index in [-0.39, 0.29) is 5.57 Å². The highest BCUT2D eigenvalue weighted by Gasteiger charge is 2.47. The molecular weight excluding hydrogens is 490 g/mol. The van der Waals surface area contributed by atoms with Crippen molar-refractivity contribution in [2.24, 2.45) is 11.8 Å². The van der Waals surface area contributed by atoms with Gasteiger partial charge in [-0.15, -0.1) is 6.58 Å². The van der Waals surface area contributed by atoms with Crippen LogP contribution in [0.15, 0.2) is 60.6 Å². The summed E-state index contributed by atoms with van der Waals surface area (Å²) in [7, 11) is 1.22. The molecule has 0 aromatic rings. The van der Waals surface area contributed by atoms with Gasteiger partial charge in [-0.05, 0) is 19.1 Å². The zero-order valence-corrected chi connectivity index (χ0v) is 20.5. The third kappa shape index (κ3) is 6.36. The summed E-state index contributed by atoms with van der Waals surface area (Å²) < 4.78 is 21.7. The highest BCUT2D eigenvalue weighted by Crippen LogP contribution is 2.36. The van der Waals surface area contributed by atoms with Crippen LogP contribution in [0, 0.1) is 11.8 Å². The Labute approximate surface area is 214 Å². The van der Waals surface area contributed by atoms with E-state index in [9.17, 15) is 35.1 Å². The van der Waals surface area contributed by atoms with Gasteiger partial charge in [0.05, 0.1) is 43.6 Å². The largest absolute Gasteiger partial charge is 0.544 e. The highest BCUT2D eigenvalue weighted by molar-refractivity contribution is 5.89. The maximum Gasteiger partial charge on any atom is 0.337 e. The summed E-state index contributed by atoms with van der Waals surface area (Å²) in [6.07, 6.45) is 2.78. The number of aliphatic hydroxyl groups is 4. The number of hydrogen-bond donors (Lipinski definition) is 5. The molecule has 1 unspecified atom stereocenters. The van der Waals surface area contributed by atoms with Gasteiger partial charge >= 0.3 is 5.97 Å². The third-order valence-electron chi connectivity index (χ3n) is 6.68. The van der Waals surface area contributed by atoms with Gasteiger partial charge in [0.15, 0.2) is 6.29 Å². The van der Waals surface area contributed by atoms with Crippen LogP contribution in [0.2, 0.25) is 0 Å². The summed E-state index contributed by atoms with van der Waals surface area (Å²) in [6, 6.07) is -0.765. The number of quaternary nitrogens is 1. The number of hydrogen-bond acceptors (Lipinski definition) is 11. The van der Waals surface area contributed by atoms with Crippen LogP contribution in [0.4, 0.5) is 0 Å². The van der Waals surface area contributed by atoms with Crippen molar-refractivity contribution in [3.8, 4) is 0 Å². The molecule has 0 aliphatic carbocycles. The molecule has 0 aromatic heterocycles. The minimum Gasteiger partial charge on any atom is -0.544 e. The van der Waals surface area contributed by atoms with Crippen LogP contribution in [0.1, 0.15) is 6.92 Å². The number of carbonyl (C=O) groups excluding carboxylic acids is 2. The van der Waals surface area contributed by atoms with Crippen molar-refractivity contribution in [2.75, 3.05) is 20.3 Å². The molecule has 1 fully saturated rings. The normalized spacial score (nSPS) is 36.8. The molecule has 3 rings (SSSR count). The Balaban J connectivity index is 1.83. The van der Waals surface area contributed by atoms with Crippen molar-refractivity contribution in [1.29, 1.82) is 0 Å². The number of carbonyl (C=O) groups is 2. The molecule has 0 bridgehead atoms. The zero-order chi connectivity index (χ0) is 27.3. The van der Waals surface area contributed by atoms with E-state index in [0.29, 0.717) is 11.4 Å². The van der Waals surface area contributed by atoms with E-state index >= 15 is 0 Å². The monoisotopic (exact) mass is 523 g/mol. The molecule has 0 spiro atoms. The second kappa shape index (κ2) is 12.6. The van der Waals surface area contributed by atoms with E-state index in [1.807, 2.05) is 6.08 Å². The van der Waals surface area contributed by atoms with Crippen molar-refractivity contribution in [1.82, 2.24) is 0 Å². The first kappa shape index (κ1) is 28.7. The fourth-order valence-electron chi connectivity index (χ4n) is 4.35. The van der Waals surface area contributed by atoms with E-state index < -0.39 is 73.4 Å². The molecule has 0 saturated carbocycles. The number of rotatable bonds is 9. The lowest BCUT2D eigenvalue weighted by Gasteiger charge is -2.42. The second-order valence-corrected chi connectivity index (χ2v) is 8.99. The standard InChI is InChI=1S/C25H33NO11/c1-4-15-16(8-7-14-6-5-9-26(10-14)13(2)22(31)32)17(23(33)34-3)12-35-24(15)37-25-21(30)20(29)19(28)18(11-27)36-25/h4-9,12-13,15-16,18-21,24-25,27-30H,1,10-11H2,2-3H3,(H,31,32)/b8-7+/t13-,15+,16-,18+,19+,20-,21+,24-,25-/m0/s1. The molecule has 3 aliphatic rings. The quantitative estimate of drug-likeness (QED) is 0.151. The van der Waals surface area contributed by atoms with E-state index in [4.69, 9.17) is 18.9 Å². The Hall–Kier alpha value is -2.84. The predicted octanol–water partition coefficient (Wildman–Crippen LogP) is -3.33. The van der Waals surface area contributed by atoms with Crippen LogP contribution in [0.5, 0.6) is 0 Å². The van der Waals surface area contributed by atoms with Crippen molar-refractivity contribution < 1.29 is 59.0 Å². The van der Waals surface area contributed by atoms with Crippen LogP contribution < -0.4 is 10.0 Å². The molecule has 12 nitrogen and oxygen atoms in total. The number of ether oxygens (including phenoxy) is 4. The van der Waals surface area contributed by atoms with Gasteiger partial charge in [0.25, 0.3) is 0 Å². The smallest absolute Gasteiger partial charge is 0.337 e. The molecule has 0 aromatic carbocycles. The maximum atomic E-state index is 12.5. The lowest BCUT2D eigenvalue weighted by molar-refractivity contribution is -0.860. The number of methoxy groups -OCH3 is 1. The van der Waals surface area contributed by atoms with Crippen LogP contribution >= 0.6 is 0 Å². The number of nitrogens with one attached hydrogen (secondary N) is 1. The zero-order valence-electron chi connectivity index (χ0n) is 20.5. The Morgan fingerprint density at radius 2 is 2.00 bits per heavy atom. The van der Waals surface area contributed by atoms with Gasteiger partial charge in [-0.2, -0.15) is 0 Å². The summed E-state index contributed by atoms with van der Waals surface area (Å²) in [5.41, 5.74) is 0.951. The maximum absolute atomic E-state index is 12.5. The number of aliphatic carboxylic acids is 1. The number of allylic oxidation sites excluding steroid dienone is 3. The van der Waals surface area contributed by atoms with Gasteiger partial charge in [-0.1, -0.05) is 18.2 Å². The first-order valence-electron chi connectivity index (χ1n) is 11.8. The first-order valence-corrected chi connectivity index (χ1v) is 11.8. The molecule has 0 radical (unpaired) electrons. The van der Waals surface area contributed by atoms with E-state index in [2.05, 4.69) is 6.58 Å². The summed E-state index contributed by atoms with van der Waals surface area (Å²) in [5.74, 6) is -3.19. The molecule has 5 N–H and O–H groups in total. The highest BCUT2D eigenvalue weighted by atomic mass is 16.8. The minimum atomic E-state index is -1.65. The van der Waals surface area contributed by atoms with Gasteiger partial charge in [-0.25, -0.2) is 4.79 Å². The SMILES string of the molecule is C=C[C@H]1[C@H](O[C@@H]2O[C@H](CO)[C@@H](O)[C@H](O)[C@H]2O)OC=C(C(=O)OC)[C@H]1/C=C/C1=CC=C[NH+]([C@@H](C)C(=O)[O-])C1. The van der Waals surface area contributed by atoms with Crippen LogP contribution in [-0.4, -0.2) is 95.7 Å². The van der Waals surface area contributed by atoms with Crippen LogP contribution in [-0.2, 0) is 28.5 Å². The van der Waals surface area contributed by atoms with Gasteiger partial charge in [0, 0.05) is 11.5 Å². The molecule has 204 valence electrons. The minimum absolute atomic E-state index is 0.163. The van der Waals surface area contributed by atoms with Gasteiger partial charge in [0.2, 0.25) is 6.29 Å². The van der Waals surface area contributed by atoms with E-state index in [1.54, 1.807) is 31.4 Å². The Bertz CT molecular complexity index is 972. The number of carboxylic acid groups (broad SMARTS) is 1. The van der Waals surface area contributed by atoms with Crippen LogP contribution in [0.3, 0.4) is 0 Å². The fourth-order valence-corrected chi connectivity index (χ4v) is 4.35. The molecule has 0 amide bonds. The molecule has 3 heterocycles. The summed E-state index contributed by atoms with van der Waals surface area (Å²) in [4.78, 5) is 24.4. The molecule has 10 atom stereocenters. The topological polar surface area (TPSA) is 179 Å². The van der Waals surface area contributed by atoms with E-state index in [1.165, 1.54) is 19.4 Å². The van der Waals surface area contributed by atoms with Crippen molar-refractivity contribution in [2.45, 2.75) is 50.0 Å². The number of aliphatic hydroxyl groups excluding tert-OH is 4. The third-order valence-corrected chi connectivity index (χ3v) is 6.68. The number of esters is 1. The van der Waals surface area contributed by atoms with Crippen molar-refractivity contribution in [3.05, 3.63) is 60.6 Å². The molecule has 12 heteroatoms. The lowest BCUT2D eigenvalue weighted by atomic mass is 9.83. The Kier molecular flexibility index (Phi) is 9.79. The first-order chi connectivity index (χ1) is 17.6. The van der Waals surface area contributed by atoms with Crippen LogP contribution in [0.25, 0.3) is 0 Å². The van der Waals surface area contributed by atoms with Gasteiger partial charge in [0.1, 0.15) is 37.0 Å². The predicted molar refractivity (Wildman–Crippen MR) is 124 cm³/mol. The fraction of sp³-hybridized carbons (Fsp3) is 0.520. The summed E-state index contributed by atoms with van der Waals surface area (Å²) in [6.45, 7) is 5.11. The summed E-state index contributed by atoms with van der Waals surface area (Å²) in [5, 5.41) is 51.1. The Morgan fingerprint density at radius 1 is 1.27 bits per heavy atom. The van der Waals surface area contributed by atoms with Crippen molar-refractivity contribution in [3.63, 3.8) is 0 Å². The molecule has 37 heavy (non-hydrogen) atoms. The van der Waals surface area contributed by atoms with E-state index in [0.717, 1.165) is 5.57 Å². The number of carboxylic acids is 1. The molecular formula is C25H33NO11. The Morgan fingerprint density at radius 3 is 2.62 bits per heavy atom.